The Bertz CT molecular complexity index is 477. The van der Waals surface area contributed by atoms with Crippen molar-refractivity contribution in [2.45, 2.75) is 58.5 Å². The number of unbranched alkanes of at least 4 members (excludes halogenated alkanes) is 4. The lowest BCUT2D eigenvalue weighted by Crippen LogP contribution is -2.26. The molecular formula is C19H26O3. The minimum absolute atomic E-state index is 0.147. The molecule has 0 aliphatic rings. The van der Waals surface area contributed by atoms with E-state index in [0.717, 1.165) is 12.8 Å². The fourth-order valence-corrected chi connectivity index (χ4v) is 2.22. The number of ketones is 1. The minimum Gasteiger partial charge on any atom is -0.454 e. The Morgan fingerprint density at radius 2 is 1.82 bits per heavy atom. The first kappa shape index (κ1) is 18.1. The van der Waals surface area contributed by atoms with E-state index in [1.165, 1.54) is 26.2 Å². The molecular weight excluding hydrogens is 276 g/mol. The van der Waals surface area contributed by atoms with Crippen LogP contribution >= 0.6 is 0 Å². The van der Waals surface area contributed by atoms with Crippen molar-refractivity contribution in [2.24, 2.45) is 0 Å². The molecule has 1 unspecified atom stereocenters. The zero-order chi connectivity index (χ0) is 16.2. The van der Waals surface area contributed by atoms with Crippen molar-refractivity contribution in [3.63, 3.8) is 0 Å². The predicted octanol–water partition coefficient (Wildman–Crippen LogP) is 4.72. The lowest BCUT2D eigenvalue weighted by atomic mass is 10.0. The highest BCUT2D eigenvalue weighted by atomic mass is 16.5. The smallest absolute Gasteiger partial charge is 0.303 e. The molecule has 0 aromatic heterocycles. The van der Waals surface area contributed by atoms with Crippen molar-refractivity contribution in [3.8, 4) is 0 Å². The number of hydrogen-bond donors (Lipinski definition) is 0. The lowest BCUT2D eigenvalue weighted by Gasteiger charge is -2.14. The van der Waals surface area contributed by atoms with Crippen LogP contribution in [0.3, 0.4) is 0 Å². The normalized spacial score (nSPS) is 12.3. The Morgan fingerprint density at radius 1 is 1.09 bits per heavy atom. The summed E-state index contributed by atoms with van der Waals surface area (Å²) in [6, 6.07) is 8.96. The fourth-order valence-electron chi connectivity index (χ4n) is 2.22. The quantitative estimate of drug-likeness (QED) is 0.272. The van der Waals surface area contributed by atoms with Crippen LogP contribution in [0.5, 0.6) is 0 Å². The molecule has 0 spiro atoms. The van der Waals surface area contributed by atoms with Gasteiger partial charge in [-0.3, -0.25) is 9.59 Å². The molecule has 0 radical (unpaired) electrons. The van der Waals surface area contributed by atoms with E-state index < -0.39 is 12.1 Å². The van der Waals surface area contributed by atoms with Crippen LogP contribution in [-0.4, -0.2) is 17.9 Å². The van der Waals surface area contributed by atoms with Crippen LogP contribution in [-0.2, 0) is 9.53 Å². The average molecular weight is 302 g/mol. The maximum atomic E-state index is 12.4. The van der Waals surface area contributed by atoms with Crippen molar-refractivity contribution in [2.75, 3.05) is 0 Å². The van der Waals surface area contributed by atoms with Crippen LogP contribution in [0.2, 0.25) is 0 Å². The van der Waals surface area contributed by atoms with Gasteiger partial charge in [0.2, 0.25) is 5.78 Å². The van der Waals surface area contributed by atoms with Gasteiger partial charge < -0.3 is 4.74 Å². The third-order valence-electron chi connectivity index (χ3n) is 3.40. The SMILES string of the molecule is CCCCCC/C=C/CC(OC(C)=O)C(=O)c1ccccc1. The summed E-state index contributed by atoms with van der Waals surface area (Å²) < 4.78 is 5.17. The van der Waals surface area contributed by atoms with Crippen molar-refractivity contribution in [1.82, 2.24) is 0 Å². The minimum atomic E-state index is -0.730. The van der Waals surface area contributed by atoms with Gasteiger partial charge in [-0.05, 0) is 12.8 Å². The molecule has 1 rings (SSSR count). The largest absolute Gasteiger partial charge is 0.454 e. The van der Waals surface area contributed by atoms with Gasteiger partial charge in [-0.25, -0.2) is 0 Å². The third-order valence-corrected chi connectivity index (χ3v) is 3.40. The van der Waals surface area contributed by atoms with Gasteiger partial charge in [-0.1, -0.05) is 68.7 Å². The number of Topliss-reactive ketones (excluding diaryl/α,β-unsaturated/α-hetero) is 1. The van der Waals surface area contributed by atoms with Gasteiger partial charge in [-0.15, -0.1) is 0 Å². The average Bonchev–Trinajstić information content (AvgIpc) is 2.52. The van der Waals surface area contributed by atoms with Crippen LogP contribution in [0, 0.1) is 0 Å². The summed E-state index contributed by atoms with van der Waals surface area (Å²) in [6.07, 6.45) is 9.61. The monoisotopic (exact) mass is 302 g/mol. The molecule has 0 aliphatic heterocycles. The topological polar surface area (TPSA) is 43.4 Å². The van der Waals surface area contributed by atoms with E-state index in [1.807, 2.05) is 24.3 Å². The Kier molecular flexibility index (Phi) is 8.89. The molecule has 3 nitrogen and oxygen atoms in total. The molecule has 0 N–H and O–H groups in total. The van der Waals surface area contributed by atoms with E-state index in [2.05, 4.69) is 13.0 Å². The summed E-state index contributed by atoms with van der Waals surface area (Å²) in [5.74, 6) is -0.572. The number of esters is 1. The highest BCUT2D eigenvalue weighted by molar-refractivity contribution is 6.00. The highest BCUT2D eigenvalue weighted by Gasteiger charge is 2.21. The predicted molar refractivity (Wildman–Crippen MR) is 88.8 cm³/mol. The van der Waals surface area contributed by atoms with Crippen molar-refractivity contribution < 1.29 is 14.3 Å². The zero-order valence-corrected chi connectivity index (χ0v) is 13.6. The molecule has 3 heteroatoms. The number of rotatable bonds is 10. The van der Waals surface area contributed by atoms with E-state index in [0.29, 0.717) is 12.0 Å². The second-order valence-electron chi connectivity index (χ2n) is 5.38. The molecule has 1 aromatic carbocycles. The van der Waals surface area contributed by atoms with E-state index >= 15 is 0 Å². The molecule has 120 valence electrons. The highest BCUT2D eigenvalue weighted by Crippen LogP contribution is 2.11. The second-order valence-corrected chi connectivity index (χ2v) is 5.38. The van der Waals surface area contributed by atoms with Gasteiger partial charge in [0.1, 0.15) is 0 Å². The second kappa shape index (κ2) is 10.8. The maximum Gasteiger partial charge on any atom is 0.303 e. The van der Waals surface area contributed by atoms with Crippen LogP contribution in [0.1, 0.15) is 62.7 Å². The molecule has 1 aromatic rings. The summed E-state index contributed by atoms with van der Waals surface area (Å²) in [7, 11) is 0. The summed E-state index contributed by atoms with van der Waals surface area (Å²) in [5, 5.41) is 0. The van der Waals surface area contributed by atoms with Crippen LogP contribution in [0.25, 0.3) is 0 Å². The van der Waals surface area contributed by atoms with Gasteiger partial charge in [0, 0.05) is 18.9 Å². The summed E-state index contributed by atoms with van der Waals surface area (Å²) in [5.41, 5.74) is 0.574. The Labute approximate surface area is 133 Å². The number of allylic oxidation sites excluding steroid dienone is 1. The number of carbonyl (C=O) groups excluding carboxylic acids is 2. The van der Waals surface area contributed by atoms with E-state index in [1.54, 1.807) is 12.1 Å². The number of ether oxygens (including phenoxy) is 1. The van der Waals surface area contributed by atoms with Crippen LogP contribution in [0.4, 0.5) is 0 Å². The number of benzene rings is 1. The number of hydrogen-bond acceptors (Lipinski definition) is 3. The van der Waals surface area contributed by atoms with Gasteiger partial charge >= 0.3 is 5.97 Å². The molecule has 0 heterocycles. The van der Waals surface area contributed by atoms with Crippen LogP contribution < -0.4 is 0 Å². The van der Waals surface area contributed by atoms with Gasteiger partial charge in [0.05, 0.1) is 0 Å². The van der Waals surface area contributed by atoms with Crippen molar-refractivity contribution in [3.05, 3.63) is 48.0 Å². The molecule has 0 fully saturated rings. The number of carbonyl (C=O) groups is 2. The van der Waals surface area contributed by atoms with E-state index in [4.69, 9.17) is 4.74 Å². The first-order valence-corrected chi connectivity index (χ1v) is 8.06. The van der Waals surface area contributed by atoms with Gasteiger partial charge in [0.15, 0.2) is 6.10 Å². The van der Waals surface area contributed by atoms with Crippen molar-refractivity contribution in [1.29, 1.82) is 0 Å². The van der Waals surface area contributed by atoms with Gasteiger partial charge in [0.25, 0.3) is 0 Å². The first-order valence-electron chi connectivity index (χ1n) is 8.06. The third kappa shape index (κ3) is 7.21. The summed E-state index contributed by atoms with van der Waals surface area (Å²) in [6.45, 7) is 3.52. The molecule has 0 amide bonds. The Hall–Kier alpha value is -1.90. The molecule has 0 saturated carbocycles. The fraction of sp³-hybridized carbons (Fsp3) is 0.474. The summed E-state index contributed by atoms with van der Waals surface area (Å²) >= 11 is 0. The van der Waals surface area contributed by atoms with E-state index in [-0.39, 0.29) is 5.78 Å². The lowest BCUT2D eigenvalue weighted by molar-refractivity contribution is -0.144. The van der Waals surface area contributed by atoms with E-state index in [9.17, 15) is 9.59 Å². The van der Waals surface area contributed by atoms with Crippen LogP contribution in [0.15, 0.2) is 42.5 Å². The Balaban J connectivity index is 2.52. The molecule has 22 heavy (non-hydrogen) atoms. The Morgan fingerprint density at radius 3 is 2.45 bits per heavy atom. The molecule has 1 atom stereocenters. The zero-order valence-electron chi connectivity index (χ0n) is 13.6. The molecule has 0 bridgehead atoms. The molecule has 0 aliphatic carbocycles. The van der Waals surface area contributed by atoms with Crippen molar-refractivity contribution >= 4 is 11.8 Å². The van der Waals surface area contributed by atoms with Gasteiger partial charge in [-0.2, -0.15) is 0 Å². The standard InChI is InChI=1S/C19H26O3/c1-3-4-5-6-7-8-12-15-18(22-16(2)20)19(21)17-13-10-9-11-14-17/h8-14,18H,3-7,15H2,1-2H3/b12-8+. The summed E-state index contributed by atoms with van der Waals surface area (Å²) in [4.78, 5) is 23.6. The first-order chi connectivity index (χ1) is 10.6. The molecule has 0 saturated heterocycles. The maximum absolute atomic E-state index is 12.4.